The van der Waals surface area contributed by atoms with Gasteiger partial charge in [-0.15, -0.1) is 0 Å². The van der Waals surface area contributed by atoms with Crippen molar-refractivity contribution in [3.63, 3.8) is 0 Å². The molecule has 2 rings (SSSR count). The third-order valence-electron chi connectivity index (χ3n) is 3.34. The lowest BCUT2D eigenvalue weighted by Crippen LogP contribution is -2.39. The van der Waals surface area contributed by atoms with Crippen molar-refractivity contribution in [3.8, 4) is 0 Å². The minimum absolute atomic E-state index is 0. The van der Waals surface area contributed by atoms with Crippen LogP contribution in [0.2, 0.25) is 0 Å². The van der Waals surface area contributed by atoms with Gasteiger partial charge in [-0.1, -0.05) is 16.5 Å². The van der Waals surface area contributed by atoms with Crippen molar-refractivity contribution in [2.45, 2.75) is 34.0 Å². The maximum Gasteiger partial charge on any atom is 0.705 e. The highest BCUT2D eigenvalue weighted by Crippen LogP contribution is 2.34. The molecule has 21 heavy (non-hydrogen) atoms. The fraction of sp³-hybridized carbons (Fsp3) is 0.692. The Morgan fingerprint density at radius 1 is 0.905 bits per heavy atom. The first-order chi connectivity index (χ1) is 9.56. The van der Waals surface area contributed by atoms with Gasteiger partial charge in [0.15, 0.2) is 0 Å². The van der Waals surface area contributed by atoms with Crippen molar-refractivity contribution in [1.82, 2.24) is 19.6 Å². The van der Waals surface area contributed by atoms with Crippen LogP contribution in [0.5, 0.6) is 0 Å². The Kier molecular flexibility index (Phi) is 6.45. The van der Waals surface area contributed by atoms with E-state index >= 15 is 0 Å². The highest BCUT2D eigenvalue weighted by Gasteiger charge is 2.40. The summed E-state index contributed by atoms with van der Waals surface area (Å²) in [5.74, 6) is 0. The van der Waals surface area contributed by atoms with E-state index in [0.717, 1.165) is 13.1 Å². The Balaban J connectivity index is 0.00000220. The van der Waals surface area contributed by atoms with Crippen molar-refractivity contribution < 1.29 is 13.6 Å². The topological polar surface area (TPSA) is 48.5 Å². The number of hydrogen-bond acceptors (Lipinski definition) is 7. The Morgan fingerprint density at radius 3 is 1.62 bits per heavy atom. The summed E-state index contributed by atoms with van der Waals surface area (Å²) < 4.78 is 23.2. The highest BCUT2D eigenvalue weighted by atomic mass is 31.1. The van der Waals surface area contributed by atoms with Crippen LogP contribution < -0.4 is 0 Å². The third kappa shape index (κ3) is 3.87. The molecular formula is C13H26N4O3P+. The molecule has 2 aliphatic heterocycles. The van der Waals surface area contributed by atoms with Gasteiger partial charge in [0, 0.05) is 56.5 Å². The van der Waals surface area contributed by atoms with Crippen molar-refractivity contribution >= 4 is 8.25 Å². The minimum Gasteiger partial charge on any atom is -0.333 e. The standard InChI is InChI=1S/C12H22N4O3P.CH4/c1-5-15-9-7-13(3)11(15)18-20(17)19-12-14(4)8-10-16(12)6-2;/h7-12H,5-6H2,1-4H3;1H4/q+1;. The maximum atomic E-state index is 12.1. The number of hydrogen-bond donors (Lipinski definition) is 0. The second kappa shape index (κ2) is 7.64. The molecule has 2 aliphatic rings. The van der Waals surface area contributed by atoms with Crippen LogP contribution in [0.3, 0.4) is 0 Å². The van der Waals surface area contributed by atoms with Crippen LogP contribution in [0, 0.1) is 0 Å². The molecular weight excluding hydrogens is 291 g/mol. The number of rotatable bonds is 6. The van der Waals surface area contributed by atoms with Crippen molar-refractivity contribution in [2.24, 2.45) is 0 Å². The van der Waals surface area contributed by atoms with Gasteiger partial charge in [-0.2, -0.15) is 0 Å². The Labute approximate surface area is 128 Å². The predicted octanol–water partition coefficient (Wildman–Crippen LogP) is 2.36. The fourth-order valence-corrected chi connectivity index (χ4v) is 3.01. The Bertz CT molecular complexity index is 382. The summed E-state index contributed by atoms with van der Waals surface area (Å²) in [7, 11) is 1.54. The zero-order valence-electron chi connectivity index (χ0n) is 12.3. The molecule has 2 atom stereocenters. The molecule has 0 spiro atoms. The molecule has 0 N–H and O–H groups in total. The largest absolute Gasteiger partial charge is 0.705 e. The summed E-state index contributed by atoms with van der Waals surface area (Å²) in [5, 5.41) is 0. The predicted molar refractivity (Wildman–Crippen MR) is 82.6 cm³/mol. The fourth-order valence-electron chi connectivity index (χ4n) is 2.12. The van der Waals surface area contributed by atoms with Crippen molar-refractivity contribution in [3.05, 3.63) is 24.8 Å². The summed E-state index contributed by atoms with van der Waals surface area (Å²) in [5.41, 5.74) is 0. The molecule has 2 unspecified atom stereocenters. The lowest BCUT2D eigenvalue weighted by atomic mass is 10.6. The normalized spacial score (nSPS) is 24.9. The Hall–Kier alpha value is -1.30. The smallest absolute Gasteiger partial charge is 0.333 e. The van der Waals surface area contributed by atoms with Crippen molar-refractivity contribution in [1.29, 1.82) is 0 Å². The van der Waals surface area contributed by atoms with E-state index in [9.17, 15) is 4.57 Å². The molecule has 0 saturated carbocycles. The van der Waals surface area contributed by atoms with Crippen LogP contribution in [0.25, 0.3) is 0 Å². The zero-order chi connectivity index (χ0) is 14.7. The van der Waals surface area contributed by atoms with Crippen LogP contribution in [0.1, 0.15) is 21.3 Å². The van der Waals surface area contributed by atoms with Gasteiger partial charge in [-0.25, -0.2) is 0 Å². The summed E-state index contributed by atoms with van der Waals surface area (Å²) in [6, 6.07) is 0. The van der Waals surface area contributed by atoms with Crippen molar-refractivity contribution in [2.75, 3.05) is 27.2 Å². The van der Waals surface area contributed by atoms with Gasteiger partial charge < -0.3 is 19.6 Å². The monoisotopic (exact) mass is 317 g/mol. The summed E-state index contributed by atoms with van der Waals surface area (Å²) in [6.07, 6.45) is 6.85. The maximum absolute atomic E-state index is 12.1. The second-order valence-electron chi connectivity index (χ2n) is 4.68. The molecule has 0 radical (unpaired) electrons. The third-order valence-corrected chi connectivity index (χ3v) is 4.06. The Morgan fingerprint density at radius 2 is 1.29 bits per heavy atom. The van der Waals surface area contributed by atoms with E-state index < -0.39 is 8.25 Å². The lowest BCUT2D eigenvalue weighted by molar-refractivity contribution is -0.0533. The van der Waals surface area contributed by atoms with Crippen LogP contribution >= 0.6 is 8.25 Å². The zero-order valence-corrected chi connectivity index (χ0v) is 13.2. The molecule has 0 amide bonds. The van der Waals surface area contributed by atoms with E-state index in [1.807, 2.05) is 72.3 Å². The first kappa shape index (κ1) is 17.8. The molecule has 0 aromatic carbocycles. The summed E-state index contributed by atoms with van der Waals surface area (Å²) in [4.78, 5) is 7.61. The van der Waals surface area contributed by atoms with Gasteiger partial charge in [0.1, 0.15) is 0 Å². The minimum atomic E-state index is -2.22. The van der Waals surface area contributed by atoms with Crippen LogP contribution in [0.4, 0.5) is 0 Å². The van der Waals surface area contributed by atoms with Gasteiger partial charge in [-0.05, 0) is 13.8 Å². The van der Waals surface area contributed by atoms with Gasteiger partial charge in [0.25, 0.3) is 12.7 Å². The van der Waals surface area contributed by atoms with Gasteiger partial charge in [0.2, 0.25) is 0 Å². The quantitative estimate of drug-likeness (QED) is 0.697. The van der Waals surface area contributed by atoms with Gasteiger partial charge in [0.05, 0.1) is 0 Å². The number of nitrogens with zero attached hydrogens (tertiary/aromatic N) is 4. The average molecular weight is 317 g/mol. The van der Waals surface area contributed by atoms with Crippen LogP contribution in [-0.4, -0.2) is 59.5 Å². The molecule has 0 saturated heterocycles. The highest BCUT2D eigenvalue weighted by molar-refractivity contribution is 7.33. The second-order valence-corrected chi connectivity index (χ2v) is 5.54. The first-order valence-corrected chi connectivity index (χ1v) is 7.79. The molecule has 0 aromatic heterocycles. The molecule has 0 aromatic rings. The van der Waals surface area contributed by atoms with E-state index in [0.29, 0.717) is 0 Å². The average Bonchev–Trinajstić information content (AvgIpc) is 2.95. The molecule has 8 heteroatoms. The van der Waals surface area contributed by atoms with Crippen LogP contribution in [0.15, 0.2) is 24.8 Å². The van der Waals surface area contributed by atoms with E-state index in [1.165, 1.54) is 0 Å². The van der Waals surface area contributed by atoms with Crippen LogP contribution in [-0.2, 0) is 13.6 Å². The summed E-state index contributed by atoms with van der Waals surface area (Å²) >= 11 is 0. The molecule has 0 aliphatic carbocycles. The molecule has 120 valence electrons. The van der Waals surface area contributed by atoms with Gasteiger partial charge in [-0.3, -0.25) is 0 Å². The van der Waals surface area contributed by atoms with Gasteiger partial charge >= 0.3 is 8.25 Å². The SMILES string of the molecule is C.CCN1C=CN(C)C1O[P+](=O)OC1N(C)C=CN1CC. The van der Waals surface area contributed by atoms with E-state index in [4.69, 9.17) is 9.05 Å². The summed E-state index contributed by atoms with van der Waals surface area (Å²) in [6.45, 7) is 5.59. The lowest BCUT2D eigenvalue weighted by Gasteiger charge is -2.26. The first-order valence-electron chi connectivity index (χ1n) is 6.69. The molecule has 2 heterocycles. The molecule has 0 bridgehead atoms. The molecule has 7 nitrogen and oxygen atoms in total. The van der Waals surface area contributed by atoms with E-state index in [2.05, 4.69) is 0 Å². The molecule has 0 fully saturated rings. The van der Waals surface area contributed by atoms with E-state index in [-0.39, 0.29) is 20.1 Å². The van der Waals surface area contributed by atoms with E-state index in [1.54, 1.807) is 0 Å².